The van der Waals surface area contributed by atoms with Crippen molar-refractivity contribution in [2.75, 3.05) is 20.0 Å². The van der Waals surface area contributed by atoms with Gasteiger partial charge in [-0.25, -0.2) is 4.98 Å². The zero-order valence-electron chi connectivity index (χ0n) is 20.2. The molecule has 2 saturated heterocycles. The van der Waals surface area contributed by atoms with Crippen LogP contribution in [0, 0.1) is 16.7 Å². The molecule has 0 bridgehead atoms. The van der Waals surface area contributed by atoms with Gasteiger partial charge in [-0.2, -0.15) is 5.26 Å². The van der Waals surface area contributed by atoms with Gasteiger partial charge >= 0.3 is 0 Å². The van der Waals surface area contributed by atoms with E-state index in [2.05, 4.69) is 11.1 Å². The highest BCUT2D eigenvalue weighted by Gasteiger charge is 2.66. The van der Waals surface area contributed by atoms with Crippen LogP contribution in [0.25, 0.3) is 0 Å². The summed E-state index contributed by atoms with van der Waals surface area (Å²) < 4.78 is 10.8. The number of pyridine rings is 1. The molecule has 184 valence electrons. The van der Waals surface area contributed by atoms with Crippen molar-refractivity contribution in [1.82, 2.24) is 14.8 Å². The SMILES string of the molecule is CCC(=O)N1[C@@H](c2ccc(OC)nc2)[C@@](C)(C#N)CC1(SC1OC1C)C(=O)N(C)CSC(C)=O. The molecule has 3 rings (SSSR count). The molecule has 1 aromatic heterocycles. The maximum atomic E-state index is 14.0. The second kappa shape index (κ2) is 10.1. The zero-order valence-corrected chi connectivity index (χ0v) is 21.9. The minimum atomic E-state index is -1.37. The first-order chi connectivity index (χ1) is 16.0. The van der Waals surface area contributed by atoms with Crippen LogP contribution in [0.3, 0.4) is 0 Å². The van der Waals surface area contributed by atoms with E-state index in [4.69, 9.17) is 9.47 Å². The fraction of sp³-hybridized carbons (Fsp3) is 0.609. The van der Waals surface area contributed by atoms with Gasteiger partial charge in [0.25, 0.3) is 5.91 Å². The van der Waals surface area contributed by atoms with Crippen molar-refractivity contribution in [3.63, 3.8) is 0 Å². The van der Waals surface area contributed by atoms with Gasteiger partial charge in [-0.15, -0.1) is 0 Å². The number of carbonyl (C=O) groups is 3. The van der Waals surface area contributed by atoms with Crippen LogP contribution in [0.1, 0.15) is 52.1 Å². The van der Waals surface area contributed by atoms with Crippen molar-refractivity contribution in [1.29, 1.82) is 5.26 Å². The number of likely N-dealkylation sites (tertiary alicyclic amines) is 1. The third-order valence-electron chi connectivity index (χ3n) is 6.08. The van der Waals surface area contributed by atoms with E-state index in [1.54, 1.807) is 44.1 Å². The molecule has 2 amide bonds. The minimum Gasteiger partial charge on any atom is -0.481 e. The number of thioether (sulfide) groups is 2. The summed E-state index contributed by atoms with van der Waals surface area (Å²) in [6.45, 7) is 6.85. The Hall–Kier alpha value is -2.29. The van der Waals surface area contributed by atoms with Crippen molar-refractivity contribution in [3.8, 4) is 11.9 Å². The van der Waals surface area contributed by atoms with E-state index in [1.807, 2.05) is 6.92 Å². The van der Waals surface area contributed by atoms with E-state index < -0.39 is 16.3 Å². The van der Waals surface area contributed by atoms with E-state index in [1.165, 1.54) is 30.7 Å². The molecule has 0 aromatic carbocycles. The summed E-state index contributed by atoms with van der Waals surface area (Å²) >= 11 is 2.29. The molecule has 0 N–H and O–H groups in total. The van der Waals surface area contributed by atoms with Crippen LogP contribution < -0.4 is 4.74 Å². The lowest BCUT2D eigenvalue weighted by Gasteiger charge is -2.41. The fourth-order valence-corrected chi connectivity index (χ4v) is 6.59. The molecule has 0 spiro atoms. The van der Waals surface area contributed by atoms with E-state index in [0.717, 1.165) is 11.8 Å². The van der Waals surface area contributed by atoms with Crippen LogP contribution in [-0.2, 0) is 19.1 Å². The molecule has 3 heterocycles. The maximum Gasteiger partial charge on any atom is 0.259 e. The zero-order chi connectivity index (χ0) is 25.3. The highest BCUT2D eigenvalue weighted by atomic mass is 32.2. The van der Waals surface area contributed by atoms with Gasteiger partial charge < -0.3 is 19.3 Å². The third kappa shape index (κ3) is 4.90. The molecule has 1 aromatic rings. The summed E-state index contributed by atoms with van der Waals surface area (Å²) in [5, 5.41) is 10.2. The lowest BCUT2D eigenvalue weighted by atomic mass is 9.80. The number of epoxide rings is 1. The normalized spacial score (nSPS) is 29.9. The molecular weight excluding hydrogens is 476 g/mol. The fourth-order valence-electron chi connectivity index (χ4n) is 4.33. The van der Waals surface area contributed by atoms with Crippen LogP contribution in [0.2, 0.25) is 0 Å². The van der Waals surface area contributed by atoms with Gasteiger partial charge in [0.15, 0.2) is 9.99 Å². The van der Waals surface area contributed by atoms with Gasteiger partial charge in [-0.1, -0.05) is 30.4 Å². The van der Waals surface area contributed by atoms with Gasteiger partial charge in [0, 0.05) is 39.1 Å². The molecule has 2 aliphatic rings. The van der Waals surface area contributed by atoms with Crippen molar-refractivity contribution in [3.05, 3.63) is 23.9 Å². The molecule has 2 aliphatic heterocycles. The number of rotatable bonds is 8. The number of hydrogen-bond acceptors (Lipinski definition) is 9. The monoisotopic (exact) mass is 506 g/mol. The Morgan fingerprint density at radius 3 is 2.56 bits per heavy atom. The first-order valence-electron chi connectivity index (χ1n) is 11.0. The summed E-state index contributed by atoms with van der Waals surface area (Å²) in [7, 11) is 3.12. The molecule has 5 atom stereocenters. The summed E-state index contributed by atoms with van der Waals surface area (Å²) in [5.74, 6) is -0.0292. The molecule has 0 saturated carbocycles. The van der Waals surface area contributed by atoms with Gasteiger partial charge in [-0.3, -0.25) is 14.4 Å². The van der Waals surface area contributed by atoms with Crippen molar-refractivity contribution >= 4 is 40.5 Å². The van der Waals surface area contributed by atoms with E-state index >= 15 is 0 Å². The van der Waals surface area contributed by atoms with Crippen LogP contribution in [-0.4, -0.2) is 68.2 Å². The first-order valence-corrected chi connectivity index (χ1v) is 12.8. The molecule has 3 unspecified atom stereocenters. The Kier molecular flexibility index (Phi) is 7.85. The Balaban J connectivity index is 2.15. The number of carbonyl (C=O) groups excluding carboxylic acids is 3. The lowest BCUT2D eigenvalue weighted by molar-refractivity contribution is -0.146. The second-order valence-electron chi connectivity index (χ2n) is 8.74. The number of hydrogen-bond donors (Lipinski definition) is 0. The number of likely N-dealkylation sites (N-methyl/N-ethyl adjacent to an activating group) is 1. The molecule has 11 heteroatoms. The summed E-state index contributed by atoms with van der Waals surface area (Å²) in [4.78, 5) is 45.0. The van der Waals surface area contributed by atoms with Gasteiger partial charge in [-0.05, 0) is 25.5 Å². The first kappa shape index (κ1) is 26.3. The second-order valence-corrected chi connectivity index (χ2v) is 11.2. The highest BCUT2D eigenvalue weighted by Crippen LogP contribution is 2.61. The number of amides is 2. The van der Waals surface area contributed by atoms with Crippen LogP contribution in [0.15, 0.2) is 18.3 Å². The van der Waals surface area contributed by atoms with Crippen LogP contribution in [0.5, 0.6) is 5.88 Å². The lowest BCUT2D eigenvalue weighted by Crippen LogP contribution is -2.56. The van der Waals surface area contributed by atoms with E-state index in [-0.39, 0.29) is 47.2 Å². The van der Waals surface area contributed by atoms with Gasteiger partial charge in [0.2, 0.25) is 11.8 Å². The average molecular weight is 507 g/mol. The van der Waals surface area contributed by atoms with Gasteiger partial charge in [0.05, 0.1) is 36.6 Å². The molecule has 34 heavy (non-hydrogen) atoms. The quantitative estimate of drug-likeness (QED) is 0.387. The summed E-state index contributed by atoms with van der Waals surface area (Å²) in [6, 6.07) is 5.14. The number of aromatic nitrogens is 1. The smallest absolute Gasteiger partial charge is 0.259 e. The Morgan fingerprint density at radius 1 is 1.41 bits per heavy atom. The van der Waals surface area contributed by atoms with Crippen molar-refractivity contribution in [2.45, 2.75) is 63.0 Å². The van der Waals surface area contributed by atoms with Crippen LogP contribution in [0.4, 0.5) is 0 Å². The van der Waals surface area contributed by atoms with Crippen LogP contribution >= 0.6 is 23.5 Å². The molecular formula is C23H30N4O5S2. The summed E-state index contributed by atoms with van der Waals surface area (Å²) in [5.41, 5.74) is -0.704. The standard InChI is InChI=1S/C23H30N4O5S2/c1-7-18(29)27-19(16-8-9-17(31-6)25-10-16)22(4,12-24)11-23(27,34-20-14(2)32-20)21(30)26(5)13-33-15(3)28/h8-10,14,19-20H,7,11,13H2,1-6H3/t14?,19-,20?,22+,23?/m0/s1. The van der Waals surface area contributed by atoms with Crippen molar-refractivity contribution in [2.24, 2.45) is 5.41 Å². The number of nitriles is 1. The Labute approximate surface area is 208 Å². The minimum absolute atomic E-state index is 0.0693. The highest BCUT2D eigenvalue weighted by molar-refractivity contribution is 8.13. The third-order valence-corrected chi connectivity index (χ3v) is 8.63. The largest absolute Gasteiger partial charge is 0.481 e. The van der Waals surface area contributed by atoms with Crippen molar-refractivity contribution < 1.29 is 23.9 Å². The predicted octanol–water partition coefficient (Wildman–Crippen LogP) is 3.17. The Bertz CT molecular complexity index is 1000. The number of methoxy groups -OCH3 is 1. The Morgan fingerprint density at radius 2 is 2.09 bits per heavy atom. The van der Waals surface area contributed by atoms with E-state index in [9.17, 15) is 19.6 Å². The molecule has 9 nitrogen and oxygen atoms in total. The van der Waals surface area contributed by atoms with E-state index in [0.29, 0.717) is 11.4 Å². The predicted molar refractivity (Wildman–Crippen MR) is 130 cm³/mol. The topological polar surface area (TPSA) is 116 Å². The molecule has 0 radical (unpaired) electrons. The number of nitrogens with zero attached hydrogens (tertiary/aromatic N) is 4. The number of ether oxygens (including phenoxy) is 2. The average Bonchev–Trinajstić information content (AvgIpc) is 3.44. The molecule has 0 aliphatic carbocycles. The maximum absolute atomic E-state index is 14.0. The van der Waals surface area contributed by atoms with Gasteiger partial charge in [0.1, 0.15) is 5.44 Å². The summed E-state index contributed by atoms with van der Waals surface area (Å²) in [6.07, 6.45) is 1.79. The molecule has 2 fully saturated rings.